The number of esters is 2. The molecule has 4 heteroatoms. The molecule has 0 saturated carbocycles. The zero-order valence-electron chi connectivity index (χ0n) is 16.7. The molecule has 0 bridgehead atoms. The van der Waals surface area contributed by atoms with Crippen molar-refractivity contribution in [1.29, 1.82) is 0 Å². The van der Waals surface area contributed by atoms with E-state index in [4.69, 9.17) is 9.47 Å². The molecule has 0 aromatic carbocycles. The van der Waals surface area contributed by atoms with E-state index in [2.05, 4.69) is 38.2 Å². The number of allylic oxidation sites excluding steroid dienone is 12. The molecule has 4 rings (SSSR count). The Kier molecular flexibility index (Phi) is 4.18. The summed E-state index contributed by atoms with van der Waals surface area (Å²) >= 11 is 0. The van der Waals surface area contributed by atoms with Crippen LogP contribution in [0.1, 0.15) is 40.5 Å². The van der Waals surface area contributed by atoms with E-state index in [1.165, 1.54) is 13.8 Å². The highest BCUT2D eigenvalue weighted by Crippen LogP contribution is 2.68. The Labute approximate surface area is 165 Å². The van der Waals surface area contributed by atoms with Crippen LogP contribution < -0.4 is 0 Å². The second-order valence-electron chi connectivity index (χ2n) is 7.58. The van der Waals surface area contributed by atoms with Crippen molar-refractivity contribution < 1.29 is 19.1 Å². The summed E-state index contributed by atoms with van der Waals surface area (Å²) in [6.45, 7) is 7.24. The van der Waals surface area contributed by atoms with Crippen LogP contribution >= 0.6 is 0 Å². The van der Waals surface area contributed by atoms with E-state index in [-0.39, 0.29) is 22.8 Å². The summed E-state index contributed by atoms with van der Waals surface area (Å²) in [6, 6.07) is 0. The molecule has 0 amide bonds. The number of rotatable bonds is 4. The van der Waals surface area contributed by atoms with Crippen molar-refractivity contribution in [2.75, 3.05) is 0 Å². The first-order chi connectivity index (χ1) is 13.4. The standard InChI is InChI=1S/C24H24O4/c1-5-23-17-7-9-19-13-22(28-16(4)26)14-20(24(19,23)6-2)10-8-18(23)12-21(11-17)27-15(3)25/h7-14H,5-6H2,1-4H3. The van der Waals surface area contributed by atoms with Crippen molar-refractivity contribution in [3.63, 3.8) is 0 Å². The fourth-order valence-corrected chi connectivity index (χ4v) is 5.50. The summed E-state index contributed by atoms with van der Waals surface area (Å²) in [7, 11) is 0. The lowest BCUT2D eigenvalue weighted by Crippen LogP contribution is -2.50. The van der Waals surface area contributed by atoms with Crippen LogP contribution in [0.4, 0.5) is 0 Å². The molecular formula is C24H24O4. The monoisotopic (exact) mass is 376 g/mol. The molecule has 4 aliphatic carbocycles. The maximum absolute atomic E-state index is 11.5. The Morgan fingerprint density at radius 1 is 0.714 bits per heavy atom. The quantitative estimate of drug-likeness (QED) is 0.649. The maximum atomic E-state index is 11.5. The van der Waals surface area contributed by atoms with Crippen molar-refractivity contribution >= 4 is 11.9 Å². The summed E-state index contributed by atoms with van der Waals surface area (Å²) in [6.07, 6.45) is 18.2. The molecular weight excluding hydrogens is 352 g/mol. The van der Waals surface area contributed by atoms with E-state index >= 15 is 0 Å². The molecule has 0 fully saturated rings. The zero-order chi connectivity index (χ0) is 20.1. The van der Waals surface area contributed by atoms with E-state index in [9.17, 15) is 9.59 Å². The van der Waals surface area contributed by atoms with Crippen molar-refractivity contribution in [1.82, 2.24) is 0 Å². The van der Waals surface area contributed by atoms with Gasteiger partial charge in [-0.1, -0.05) is 38.2 Å². The predicted molar refractivity (Wildman–Crippen MR) is 107 cm³/mol. The Morgan fingerprint density at radius 2 is 1.11 bits per heavy atom. The van der Waals surface area contributed by atoms with Crippen molar-refractivity contribution in [3.05, 3.63) is 82.4 Å². The van der Waals surface area contributed by atoms with Crippen LogP contribution in [0.25, 0.3) is 0 Å². The molecule has 0 spiro atoms. The SMILES string of the molecule is CCC12C3=CC=C4C=C(OC(C)=O)C=C(C=CC1=CC(OC(C)=O)=C3)C42CC. The van der Waals surface area contributed by atoms with Gasteiger partial charge in [0, 0.05) is 24.7 Å². The lowest BCUT2D eigenvalue weighted by molar-refractivity contribution is -0.137. The third kappa shape index (κ3) is 2.30. The van der Waals surface area contributed by atoms with Crippen molar-refractivity contribution in [2.45, 2.75) is 40.5 Å². The molecule has 2 atom stereocenters. The van der Waals surface area contributed by atoms with E-state index in [0.29, 0.717) is 11.5 Å². The molecule has 0 N–H and O–H groups in total. The fourth-order valence-electron chi connectivity index (χ4n) is 5.50. The molecule has 2 unspecified atom stereocenters. The average Bonchev–Trinajstić information content (AvgIpc) is 2.64. The number of hydrogen-bond donors (Lipinski definition) is 0. The Hall–Kier alpha value is -2.88. The van der Waals surface area contributed by atoms with Crippen molar-refractivity contribution in [3.8, 4) is 0 Å². The Balaban J connectivity index is 1.97. The predicted octanol–water partition coefficient (Wildman–Crippen LogP) is 4.99. The second-order valence-corrected chi connectivity index (χ2v) is 7.58. The first kappa shape index (κ1) is 18.5. The number of hydrogen-bond acceptors (Lipinski definition) is 4. The molecule has 0 saturated heterocycles. The van der Waals surface area contributed by atoms with Crippen LogP contribution in [-0.4, -0.2) is 11.9 Å². The van der Waals surface area contributed by atoms with E-state index < -0.39 is 0 Å². The number of carbonyl (C=O) groups is 2. The van der Waals surface area contributed by atoms with Crippen LogP contribution in [0.15, 0.2) is 82.4 Å². The highest BCUT2D eigenvalue weighted by Gasteiger charge is 2.59. The fraction of sp³-hybridized carbons (Fsp3) is 0.333. The normalized spacial score (nSPS) is 29.3. The van der Waals surface area contributed by atoms with Crippen LogP contribution in [-0.2, 0) is 19.1 Å². The largest absolute Gasteiger partial charge is 0.427 e. The van der Waals surface area contributed by atoms with Gasteiger partial charge in [-0.15, -0.1) is 0 Å². The van der Waals surface area contributed by atoms with Gasteiger partial charge in [-0.05, 0) is 59.4 Å². The lowest BCUT2D eigenvalue weighted by Gasteiger charge is -2.59. The highest BCUT2D eigenvalue weighted by molar-refractivity contribution is 5.73. The summed E-state index contributed by atoms with van der Waals surface area (Å²) in [5, 5.41) is 0. The third-order valence-electron chi connectivity index (χ3n) is 6.36. The number of carbonyl (C=O) groups excluding carboxylic acids is 2. The minimum Gasteiger partial charge on any atom is -0.427 e. The topological polar surface area (TPSA) is 52.6 Å². The van der Waals surface area contributed by atoms with Crippen LogP contribution in [0.3, 0.4) is 0 Å². The van der Waals surface area contributed by atoms with Gasteiger partial charge in [0.15, 0.2) is 0 Å². The molecule has 0 radical (unpaired) electrons. The van der Waals surface area contributed by atoms with Crippen LogP contribution in [0.2, 0.25) is 0 Å². The van der Waals surface area contributed by atoms with Gasteiger partial charge in [0.2, 0.25) is 0 Å². The first-order valence-electron chi connectivity index (χ1n) is 9.73. The van der Waals surface area contributed by atoms with Gasteiger partial charge < -0.3 is 9.47 Å². The molecule has 0 aliphatic heterocycles. The summed E-state index contributed by atoms with van der Waals surface area (Å²) in [5.41, 5.74) is 4.11. The highest BCUT2D eigenvalue weighted by atomic mass is 16.5. The summed E-state index contributed by atoms with van der Waals surface area (Å²) in [4.78, 5) is 23.0. The van der Waals surface area contributed by atoms with E-state index in [0.717, 1.165) is 35.1 Å². The summed E-state index contributed by atoms with van der Waals surface area (Å²) in [5.74, 6) is 0.504. The molecule has 144 valence electrons. The molecule has 0 aromatic heterocycles. The lowest BCUT2D eigenvalue weighted by atomic mass is 9.43. The minimum atomic E-state index is -0.322. The van der Waals surface area contributed by atoms with Gasteiger partial charge in [-0.2, -0.15) is 0 Å². The van der Waals surface area contributed by atoms with Gasteiger partial charge in [0.05, 0.1) is 0 Å². The minimum absolute atomic E-state index is 0.242. The number of ether oxygens (including phenoxy) is 2. The second kappa shape index (κ2) is 6.33. The van der Waals surface area contributed by atoms with Gasteiger partial charge in [-0.3, -0.25) is 9.59 Å². The molecule has 4 nitrogen and oxygen atoms in total. The molecule has 28 heavy (non-hydrogen) atoms. The van der Waals surface area contributed by atoms with Gasteiger partial charge >= 0.3 is 11.9 Å². The van der Waals surface area contributed by atoms with E-state index in [1.54, 1.807) is 0 Å². The van der Waals surface area contributed by atoms with Gasteiger partial charge in [-0.25, -0.2) is 0 Å². The smallest absolute Gasteiger partial charge is 0.308 e. The average molecular weight is 376 g/mol. The molecule has 0 aromatic rings. The van der Waals surface area contributed by atoms with Crippen LogP contribution in [0, 0.1) is 10.8 Å². The van der Waals surface area contributed by atoms with Gasteiger partial charge in [0.25, 0.3) is 0 Å². The van der Waals surface area contributed by atoms with Crippen molar-refractivity contribution in [2.24, 2.45) is 10.8 Å². The molecule has 0 heterocycles. The van der Waals surface area contributed by atoms with Crippen LogP contribution in [0.5, 0.6) is 0 Å². The first-order valence-corrected chi connectivity index (χ1v) is 9.73. The Bertz CT molecular complexity index is 916. The summed E-state index contributed by atoms with van der Waals surface area (Å²) < 4.78 is 10.8. The third-order valence-corrected chi connectivity index (χ3v) is 6.36. The van der Waals surface area contributed by atoms with E-state index in [1.807, 2.05) is 24.3 Å². The van der Waals surface area contributed by atoms with Gasteiger partial charge in [0.1, 0.15) is 11.5 Å². The maximum Gasteiger partial charge on any atom is 0.308 e. The molecule has 4 aliphatic rings. The zero-order valence-corrected chi connectivity index (χ0v) is 16.7. The Morgan fingerprint density at radius 3 is 1.43 bits per heavy atom.